The van der Waals surface area contributed by atoms with Gasteiger partial charge in [0.1, 0.15) is 0 Å². The molecule has 0 spiro atoms. The molecule has 0 saturated heterocycles. The molecular weight excluding hydrogens is 340 g/mol. The third-order valence-electron chi connectivity index (χ3n) is 6.17. The fourth-order valence-corrected chi connectivity index (χ4v) is 4.83. The van der Waals surface area contributed by atoms with Gasteiger partial charge in [-0.3, -0.25) is 0 Å². The molecule has 28 heavy (non-hydrogen) atoms. The van der Waals surface area contributed by atoms with Crippen molar-refractivity contribution in [3.05, 3.63) is 89.3 Å². The number of fused-ring (bicyclic) bond motifs is 3. The van der Waals surface area contributed by atoms with Crippen LogP contribution in [-0.4, -0.2) is 9.97 Å². The molecule has 0 amide bonds. The molecule has 4 aromatic rings. The van der Waals surface area contributed by atoms with Crippen LogP contribution in [0.4, 0.5) is 0 Å². The largest absolute Gasteiger partial charge is 0.361 e. The third-order valence-corrected chi connectivity index (χ3v) is 6.17. The minimum absolute atomic E-state index is 0.0139. The quantitative estimate of drug-likeness (QED) is 0.363. The maximum absolute atomic E-state index is 3.39. The number of hydrogen-bond donors (Lipinski definition) is 2. The summed E-state index contributed by atoms with van der Waals surface area (Å²) in [6, 6.07) is 15.5. The number of para-hydroxylation sites is 1. The Labute approximate surface area is 166 Å². The maximum atomic E-state index is 3.39. The summed E-state index contributed by atoms with van der Waals surface area (Å²) in [6.45, 7) is 6.78. The summed E-state index contributed by atoms with van der Waals surface area (Å²) in [5.74, 6) is 0.468. The molecule has 2 aromatic heterocycles. The minimum atomic E-state index is 0.0139. The normalized spacial score (nSPS) is 21.6. The fraction of sp³-hybridized carbons (Fsp3) is 0.231. The lowest BCUT2D eigenvalue weighted by molar-refractivity contribution is 0.566. The van der Waals surface area contributed by atoms with Crippen molar-refractivity contribution in [2.24, 2.45) is 0 Å². The predicted molar refractivity (Wildman–Crippen MR) is 120 cm³/mol. The summed E-state index contributed by atoms with van der Waals surface area (Å²) in [6.07, 6.45) is 12.3. The Balaban J connectivity index is 1.63. The SMILES string of the molecule is CC(C)=C[C@H]1C[C@](C)(/C=C/c2cccc3cc[nH]c23)c2cc3[nH]ccc3cc21. The van der Waals surface area contributed by atoms with Gasteiger partial charge in [0.25, 0.3) is 0 Å². The monoisotopic (exact) mass is 366 g/mol. The van der Waals surface area contributed by atoms with Crippen molar-refractivity contribution in [2.75, 3.05) is 0 Å². The molecule has 0 unspecified atom stereocenters. The lowest BCUT2D eigenvalue weighted by atomic mass is 9.82. The van der Waals surface area contributed by atoms with Crippen molar-refractivity contribution in [1.82, 2.24) is 9.97 Å². The summed E-state index contributed by atoms with van der Waals surface area (Å²) in [4.78, 5) is 6.78. The first-order valence-electron chi connectivity index (χ1n) is 10.1. The molecule has 2 atom stereocenters. The first-order valence-corrected chi connectivity index (χ1v) is 10.1. The molecule has 0 aliphatic heterocycles. The van der Waals surface area contributed by atoms with E-state index in [1.54, 1.807) is 0 Å². The van der Waals surface area contributed by atoms with E-state index in [2.05, 4.69) is 91.4 Å². The molecule has 2 N–H and O–H groups in total. The zero-order valence-corrected chi connectivity index (χ0v) is 16.7. The molecule has 0 bridgehead atoms. The van der Waals surface area contributed by atoms with Crippen molar-refractivity contribution in [1.29, 1.82) is 0 Å². The smallest absolute Gasteiger partial charge is 0.0527 e. The molecule has 0 saturated carbocycles. The van der Waals surface area contributed by atoms with Crippen LogP contribution in [0.2, 0.25) is 0 Å². The second-order valence-corrected chi connectivity index (χ2v) is 8.60. The summed E-state index contributed by atoms with van der Waals surface area (Å²) < 4.78 is 0. The molecule has 0 fully saturated rings. The van der Waals surface area contributed by atoms with Crippen LogP contribution in [0.15, 0.2) is 72.6 Å². The average Bonchev–Trinajstić information content (AvgIpc) is 3.37. The van der Waals surface area contributed by atoms with Crippen molar-refractivity contribution in [3.8, 4) is 0 Å². The number of benzene rings is 2. The van der Waals surface area contributed by atoms with Gasteiger partial charge in [0.05, 0.1) is 5.52 Å². The first-order chi connectivity index (χ1) is 13.5. The van der Waals surface area contributed by atoms with Crippen LogP contribution < -0.4 is 0 Å². The van der Waals surface area contributed by atoms with Gasteiger partial charge in [0.15, 0.2) is 0 Å². The highest BCUT2D eigenvalue weighted by Gasteiger charge is 2.38. The van der Waals surface area contributed by atoms with E-state index < -0.39 is 0 Å². The highest BCUT2D eigenvalue weighted by molar-refractivity contribution is 5.88. The summed E-state index contributed by atoms with van der Waals surface area (Å²) in [5, 5.41) is 2.56. The van der Waals surface area contributed by atoms with Crippen molar-refractivity contribution in [2.45, 2.75) is 38.5 Å². The van der Waals surface area contributed by atoms with Gasteiger partial charge in [-0.2, -0.15) is 0 Å². The Morgan fingerprint density at radius 3 is 2.71 bits per heavy atom. The van der Waals surface area contributed by atoms with Crippen molar-refractivity contribution in [3.63, 3.8) is 0 Å². The van der Waals surface area contributed by atoms with Gasteiger partial charge in [-0.1, -0.05) is 48.9 Å². The molecule has 5 rings (SSSR count). The Bertz CT molecular complexity index is 1230. The number of aromatic amines is 2. The average molecular weight is 367 g/mol. The van der Waals surface area contributed by atoms with Crippen LogP contribution >= 0.6 is 0 Å². The Morgan fingerprint density at radius 1 is 1.04 bits per heavy atom. The lowest BCUT2D eigenvalue weighted by Gasteiger charge is -2.21. The Morgan fingerprint density at radius 2 is 1.86 bits per heavy atom. The van der Waals surface area contributed by atoms with E-state index in [4.69, 9.17) is 0 Å². The predicted octanol–water partition coefficient (Wildman–Crippen LogP) is 7.07. The number of rotatable bonds is 3. The van der Waals surface area contributed by atoms with Crippen LogP contribution in [0.5, 0.6) is 0 Å². The van der Waals surface area contributed by atoms with Crippen LogP contribution in [0.3, 0.4) is 0 Å². The van der Waals surface area contributed by atoms with Crippen LogP contribution in [0.1, 0.15) is 49.8 Å². The molecule has 1 aliphatic rings. The van der Waals surface area contributed by atoms with Gasteiger partial charge in [-0.25, -0.2) is 0 Å². The van der Waals surface area contributed by atoms with E-state index in [9.17, 15) is 0 Å². The first kappa shape index (κ1) is 17.1. The van der Waals surface area contributed by atoms with Crippen LogP contribution in [-0.2, 0) is 5.41 Å². The van der Waals surface area contributed by atoms with E-state index >= 15 is 0 Å². The van der Waals surface area contributed by atoms with Gasteiger partial charge < -0.3 is 9.97 Å². The van der Waals surface area contributed by atoms with Gasteiger partial charge >= 0.3 is 0 Å². The molecule has 1 aliphatic carbocycles. The van der Waals surface area contributed by atoms with E-state index in [1.807, 2.05) is 12.4 Å². The number of nitrogens with one attached hydrogen (secondary N) is 2. The number of H-pyrrole nitrogens is 2. The van der Waals surface area contributed by atoms with E-state index in [0.29, 0.717) is 5.92 Å². The lowest BCUT2D eigenvalue weighted by Crippen LogP contribution is -2.14. The molecule has 2 nitrogen and oxygen atoms in total. The fourth-order valence-electron chi connectivity index (χ4n) is 4.83. The second kappa shape index (κ2) is 6.27. The second-order valence-electron chi connectivity index (χ2n) is 8.60. The zero-order chi connectivity index (χ0) is 19.3. The summed E-state index contributed by atoms with van der Waals surface area (Å²) in [7, 11) is 0. The maximum Gasteiger partial charge on any atom is 0.0527 e. The standard InChI is InChI=1S/C26H26N2/c1-17(2)13-21-16-26(3,23-15-24-20(9-11-27-24)14-22(21)23)10-7-18-5-4-6-19-8-12-28-25(18)19/h4-15,21,27-28H,16H2,1-3H3/b10-7+/t21-,26-/m0/s1. The number of allylic oxidation sites excluding steroid dienone is 3. The number of aromatic nitrogens is 2. The zero-order valence-electron chi connectivity index (χ0n) is 16.7. The topological polar surface area (TPSA) is 31.6 Å². The van der Waals surface area contributed by atoms with E-state index in [-0.39, 0.29) is 5.41 Å². The van der Waals surface area contributed by atoms with Crippen LogP contribution in [0.25, 0.3) is 27.9 Å². The molecule has 2 heteroatoms. The highest BCUT2D eigenvalue weighted by Crippen LogP contribution is 2.49. The van der Waals surface area contributed by atoms with Gasteiger partial charge in [-0.15, -0.1) is 0 Å². The molecule has 140 valence electrons. The van der Waals surface area contributed by atoms with Crippen molar-refractivity contribution >= 4 is 27.9 Å². The molecule has 2 aromatic carbocycles. The van der Waals surface area contributed by atoms with Gasteiger partial charge in [0, 0.05) is 29.2 Å². The van der Waals surface area contributed by atoms with Crippen molar-refractivity contribution < 1.29 is 0 Å². The summed E-state index contributed by atoms with van der Waals surface area (Å²) in [5.41, 5.74) is 7.99. The number of hydrogen-bond acceptors (Lipinski definition) is 0. The minimum Gasteiger partial charge on any atom is -0.361 e. The summed E-state index contributed by atoms with van der Waals surface area (Å²) >= 11 is 0. The Hall–Kier alpha value is -3.00. The third kappa shape index (κ3) is 2.72. The molecule has 0 radical (unpaired) electrons. The highest BCUT2D eigenvalue weighted by atomic mass is 14.7. The molecule has 2 heterocycles. The van der Waals surface area contributed by atoms with E-state index in [0.717, 1.165) is 6.42 Å². The van der Waals surface area contributed by atoms with Gasteiger partial charge in [0.2, 0.25) is 0 Å². The Kier molecular flexibility index (Phi) is 3.83. The van der Waals surface area contributed by atoms with E-state index in [1.165, 1.54) is 44.1 Å². The molecular formula is C26H26N2. The van der Waals surface area contributed by atoms with Gasteiger partial charge in [-0.05, 0) is 72.0 Å². The van der Waals surface area contributed by atoms with Crippen LogP contribution in [0, 0.1) is 0 Å².